The number of aryl methyl sites for hydroxylation is 1. The van der Waals surface area contributed by atoms with E-state index in [4.69, 9.17) is 27.9 Å². The van der Waals surface area contributed by atoms with Gasteiger partial charge in [-0.1, -0.05) is 11.6 Å². The van der Waals surface area contributed by atoms with E-state index < -0.39 is 0 Å². The van der Waals surface area contributed by atoms with Gasteiger partial charge in [-0.05, 0) is 66.1 Å². The Bertz CT molecular complexity index is 739. The summed E-state index contributed by atoms with van der Waals surface area (Å²) in [6.07, 6.45) is 3.60. The van der Waals surface area contributed by atoms with Crippen LogP contribution < -0.4 is 4.74 Å². The number of carbonyl (C=O) groups is 1. The van der Waals surface area contributed by atoms with Crippen LogP contribution in [0.15, 0.2) is 42.5 Å². The molecule has 3 nitrogen and oxygen atoms in total. The molecule has 0 atom stereocenters. The molecule has 2 aromatic carbocycles. The second-order valence-corrected chi connectivity index (χ2v) is 5.65. The minimum atomic E-state index is -0.173. The molecular formula is C18H16Cl2O3. The Kier molecular flexibility index (Phi) is 6.08. The van der Waals surface area contributed by atoms with E-state index in [2.05, 4.69) is 0 Å². The summed E-state index contributed by atoms with van der Waals surface area (Å²) >= 11 is 11.8. The molecule has 0 aliphatic heterocycles. The number of halogens is 2. The number of ether oxygens (including phenoxy) is 1. The fourth-order valence-electron chi connectivity index (χ4n) is 2.07. The van der Waals surface area contributed by atoms with Gasteiger partial charge in [0.2, 0.25) is 0 Å². The Morgan fingerprint density at radius 3 is 2.70 bits per heavy atom. The van der Waals surface area contributed by atoms with Crippen LogP contribution in [-0.4, -0.2) is 23.9 Å². The van der Waals surface area contributed by atoms with Crippen LogP contribution in [0.1, 0.15) is 21.5 Å². The van der Waals surface area contributed by atoms with Gasteiger partial charge >= 0.3 is 0 Å². The molecule has 0 saturated heterocycles. The molecule has 0 aliphatic carbocycles. The second-order valence-electron chi connectivity index (χ2n) is 4.87. The monoisotopic (exact) mass is 350 g/mol. The van der Waals surface area contributed by atoms with Crippen molar-refractivity contribution in [2.24, 2.45) is 0 Å². The van der Waals surface area contributed by atoms with E-state index in [1.807, 2.05) is 0 Å². The SMILES string of the molecule is COc1ccc(/C=C/C(=O)c2ccc(O)c(CCCl)c2)c(Cl)c1. The molecule has 0 fully saturated rings. The summed E-state index contributed by atoms with van der Waals surface area (Å²) in [5, 5.41) is 10.2. The fourth-order valence-corrected chi connectivity index (χ4v) is 2.51. The number of hydrogen-bond acceptors (Lipinski definition) is 3. The maximum Gasteiger partial charge on any atom is 0.185 e. The smallest absolute Gasteiger partial charge is 0.185 e. The van der Waals surface area contributed by atoms with Crippen LogP contribution in [0, 0.1) is 0 Å². The third-order valence-corrected chi connectivity index (χ3v) is 3.87. The molecule has 0 aliphatic rings. The summed E-state index contributed by atoms with van der Waals surface area (Å²) in [5.74, 6) is 1.00. The van der Waals surface area contributed by atoms with E-state index >= 15 is 0 Å². The highest BCUT2D eigenvalue weighted by atomic mass is 35.5. The molecule has 0 aromatic heterocycles. The van der Waals surface area contributed by atoms with Gasteiger partial charge in [0.15, 0.2) is 5.78 Å². The molecule has 1 N–H and O–H groups in total. The lowest BCUT2D eigenvalue weighted by atomic mass is 10.0. The molecule has 0 bridgehead atoms. The van der Waals surface area contributed by atoms with Gasteiger partial charge < -0.3 is 9.84 Å². The van der Waals surface area contributed by atoms with Crippen molar-refractivity contribution in [1.82, 2.24) is 0 Å². The highest BCUT2D eigenvalue weighted by molar-refractivity contribution is 6.32. The lowest BCUT2D eigenvalue weighted by Crippen LogP contribution is -1.97. The fraction of sp³-hybridized carbons (Fsp3) is 0.167. The van der Waals surface area contributed by atoms with Crippen molar-refractivity contribution in [1.29, 1.82) is 0 Å². The molecule has 0 radical (unpaired) electrons. The molecule has 5 heteroatoms. The topological polar surface area (TPSA) is 46.5 Å². The van der Waals surface area contributed by atoms with Gasteiger partial charge in [-0.15, -0.1) is 11.6 Å². The number of ketones is 1. The first-order valence-corrected chi connectivity index (χ1v) is 7.90. The Labute approximate surface area is 145 Å². The number of benzene rings is 2. The lowest BCUT2D eigenvalue weighted by Gasteiger charge is -2.05. The number of phenolic OH excluding ortho intramolecular Hbond substituents is 1. The predicted octanol–water partition coefficient (Wildman–Crippen LogP) is 4.73. The molecule has 0 heterocycles. The maximum absolute atomic E-state index is 12.3. The van der Waals surface area contributed by atoms with E-state index in [1.165, 1.54) is 12.1 Å². The molecule has 0 spiro atoms. The molecule has 120 valence electrons. The van der Waals surface area contributed by atoms with Crippen molar-refractivity contribution in [2.75, 3.05) is 13.0 Å². The first-order chi connectivity index (χ1) is 11.0. The van der Waals surface area contributed by atoms with Gasteiger partial charge in [0.25, 0.3) is 0 Å². The average Bonchev–Trinajstić information content (AvgIpc) is 2.55. The van der Waals surface area contributed by atoms with E-state index in [-0.39, 0.29) is 11.5 Å². The summed E-state index contributed by atoms with van der Waals surface area (Å²) in [6, 6.07) is 9.97. The molecular weight excluding hydrogens is 335 g/mol. The van der Waals surface area contributed by atoms with Crippen LogP contribution in [0.3, 0.4) is 0 Å². The van der Waals surface area contributed by atoms with Crippen molar-refractivity contribution in [3.63, 3.8) is 0 Å². The van der Waals surface area contributed by atoms with Crippen molar-refractivity contribution >= 4 is 35.1 Å². The zero-order valence-electron chi connectivity index (χ0n) is 12.6. The molecule has 0 saturated carbocycles. The summed E-state index contributed by atoms with van der Waals surface area (Å²) in [7, 11) is 1.56. The second kappa shape index (κ2) is 8.04. The molecule has 23 heavy (non-hydrogen) atoms. The average molecular weight is 351 g/mol. The summed E-state index contributed by atoms with van der Waals surface area (Å²) in [6.45, 7) is 0. The van der Waals surface area contributed by atoms with Crippen molar-refractivity contribution < 1.29 is 14.6 Å². The van der Waals surface area contributed by atoms with Gasteiger partial charge in [-0.2, -0.15) is 0 Å². The molecule has 2 rings (SSSR count). The van der Waals surface area contributed by atoms with Crippen LogP contribution in [-0.2, 0) is 6.42 Å². The third-order valence-electron chi connectivity index (χ3n) is 3.35. The largest absolute Gasteiger partial charge is 0.508 e. The Morgan fingerprint density at radius 1 is 1.26 bits per heavy atom. The van der Waals surface area contributed by atoms with E-state index in [1.54, 1.807) is 43.5 Å². The van der Waals surface area contributed by atoms with Crippen LogP contribution in [0.2, 0.25) is 5.02 Å². The number of hydrogen-bond donors (Lipinski definition) is 1. The highest BCUT2D eigenvalue weighted by Crippen LogP contribution is 2.24. The first-order valence-electron chi connectivity index (χ1n) is 6.99. The first kappa shape index (κ1) is 17.4. The number of alkyl halides is 1. The predicted molar refractivity (Wildman–Crippen MR) is 93.9 cm³/mol. The summed E-state index contributed by atoms with van der Waals surface area (Å²) in [5.41, 5.74) is 1.87. The normalized spacial score (nSPS) is 10.9. The number of phenols is 1. The number of carbonyl (C=O) groups excluding carboxylic acids is 1. The number of allylic oxidation sites excluding steroid dienone is 1. The molecule has 0 amide bonds. The van der Waals surface area contributed by atoms with Crippen molar-refractivity contribution in [3.8, 4) is 11.5 Å². The van der Waals surface area contributed by atoms with Crippen LogP contribution >= 0.6 is 23.2 Å². The maximum atomic E-state index is 12.3. The zero-order valence-corrected chi connectivity index (χ0v) is 14.1. The van der Waals surface area contributed by atoms with Gasteiger partial charge in [0.05, 0.1) is 12.1 Å². The van der Waals surface area contributed by atoms with E-state index in [0.717, 1.165) is 5.56 Å². The number of aromatic hydroxyl groups is 1. The quantitative estimate of drug-likeness (QED) is 0.465. The Morgan fingerprint density at radius 2 is 2.04 bits per heavy atom. The Hall–Kier alpha value is -1.97. The minimum absolute atomic E-state index is 0.143. The zero-order chi connectivity index (χ0) is 16.8. The Balaban J connectivity index is 2.20. The van der Waals surface area contributed by atoms with Crippen LogP contribution in [0.4, 0.5) is 0 Å². The van der Waals surface area contributed by atoms with Gasteiger partial charge in [0.1, 0.15) is 11.5 Å². The molecule has 2 aromatic rings. The third kappa shape index (κ3) is 4.50. The summed E-state index contributed by atoms with van der Waals surface area (Å²) < 4.78 is 5.08. The number of methoxy groups -OCH3 is 1. The van der Waals surface area contributed by atoms with Crippen molar-refractivity contribution in [2.45, 2.75) is 6.42 Å². The minimum Gasteiger partial charge on any atom is -0.508 e. The van der Waals surface area contributed by atoms with Gasteiger partial charge in [-0.25, -0.2) is 0 Å². The van der Waals surface area contributed by atoms with Crippen LogP contribution in [0.25, 0.3) is 6.08 Å². The number of rotatable bonds is 6. The van der Waals surface area contributed by atoms with Gasteiger partial charge in [0, 0.05) is 11.4 Å². The summed E-state index contributed by atoms with van der Waals surface area (Å²) in [4.78, 5) is 12.3. The van der Waals surface area contributed by atoms with E-state index in [0.29, 0.717) is 34.2 Å². The van der Waals surface area contributed by atoms with Crippen LogP contribution in [0.5, 0.6) is 11.5 Å². The lowest BCUT2D eigenvalue weighted by molar-refractivity contribution is 0.104. The molecule has 0 unspecified atom stereocenters. The van der Waals surface area contributed by atoms with Gasteiger partial charge in [-0.3, -0.25) is 4.79 Å². The van der Waals surface area contributed by atoms with Crippen molar-refractivity contribution in [3.05, 3.63) is 64.2 Å². The standard InChI is InChI=1S/C18H16Cl2O3/c1-23-15-5-2-12(16(20)11-15)3-6-17(21)13-4-7-18(22)14(10-13)8-9-19/h2-7,10-11,22H,8-9H2,1H3/b6-3+. The highest BCUT2D eigenvalue weighted by Gasteiger charge is 2.07. The van der Waals surface area contributed by atoms with E-state index in [9.17, 15) is 9.90 Å².